The van der Waals surface area contributed by atoms with Gasteiger partial charge in [-0.2, -0.15) is 0 Å². The number of ether oxygens (including phenoxy) is 1. The van der Waals surface area contributed by atoms with Gasteiger partial charge in [0.25, 0.3) is 0 Å². The van der Waals surface area contributed by atoms with Crippen LogP contribution in [0.1, 0.15) is 36.1 Å². The van der Waals surface area contributed by atoms with Crippen LogP contribution in [0.4, 0.5) is 0 Å². The standard InChI is InChI=1S/C14H19NO4/c1-8-6-13(19-4)9(2)5-11(8)12(7-14(17)18)15-10(3)16/h5-6,12H,7H2,1-4H3,(H,15,16)(H,17,18). The molecule has 5 heteroatoms. The highest BCUT2D eigenvalue weighted by Crippen LogP contribution is 2.28. The van der Waals surface area contributed by atoms with Crippen LogP contribution in [0.5, 0.6) is 5.75 Å². The van der Waals surface area contributed by atoms with Gasteiger partial charge >= 0.3 is 5.97 Å². The Morgan fingerprint density at radius 2 is 1.95 bits per heavy atom. The van der Waals surface area contributed by atoms with E-state index >= 15 is 0 Å². The molecular weight excluding hydrogens is 246 g/mol. The van der Waals surface area contributed by atoms with Crippen LogP contribution in [0, 0.1) is 13.8 Å². The lowest BCUT2D eigenvalue weighted by molar-refractivity contribution is -0.137. The third-order valence-electron chi connectivity index (χ3n) is 2.92. The quantitative estimate of drug-likeness (QED) is 0.853. The van der Waals surface area contributed by atoms with Crippen LogP contribution in [0.2, 0.25) is 0 Å². The van der Waals surface area contributed by atoms with Crippen molar-refractivity contribution >= 4 is 11.9 Å². The van der Waals surface area contributed by atoms with E-state index in [0.717, 1.165) is 22.4 Å². The van der Waals surface area contributed by atoms with Crippen molar-refractivity contribution in [3.8, 4) is 5.75 Å². The molecular formula is C14H19NO4. The molecule has 1 rings (SSSR count). The number of benzene rings is 1. The van der Waals surface area contributed by atoms with E-state index in [9.17, 15) is 9.59 Å². The highest BCUT2D eigenvalue weighted by molar-refractivity contribution is 5.75. The third kappa shape index (κ3) is 3.98. The Kier molecular flexibility index (Phi) is 4.92. The Bertz CT molecular complexity index is 480. The maximum Gasteiger partial charge on any atom is 0.305 e. The second kappa shape index (κ2) is 6.22. The number of hydrogen-bond donors (Lipinski definition) is 2. The van der Waals surface area contributed by atoms with Crippen molar-refractivity contribution in [2.24, 2.45) is 0 Å². The van der Waals surface area contributed by atoms with Crippen molar-refractivity contribution in [2.75, 3.05) is 7.11 Å². The predicted molar refractivity (Wildman–Crippen MR) is 71.3 cm³/mol. The summed E-state index contributed by atoms with van der Waals surface area (Å²) in [6, 6.07) is 3.18. The molecule has 19 heavy (non-hydrogen) atoms. The number of carboxylic acid groups (broad SMARTS) is 1. The first-order valence-electron chi connectivity index (χ1n) is 5.99. The molecule has 1 atom stereocenters. The molecule has 5 nitrogen and oxygen atoms in total. The van der Waals surface area contributed by atoms with E-state index in [1.165, 1.54) is 6.92 Å². The van der Waals surface area contributed by atoms with Crippen molar-refractivity contribution in [1.29, 1.82) is 0 Å². The Balaban J connectivity index is 3.17. The van der Waals surface area contributed by atoms with E-state index in [4.69, 9.17) is 9.84 Å². The topological polar surface area (TPSA) is 75.6 Å². The highest BCUT2D eigenvalue weighted by Gasteiger charge is 2.19. The van der Waals surface area contributed by atoms with Gasteiger partial charge in [0.05, 0.1) is 19.6 Å². The first-order chi connectivity index (χ1) is 8.85. The molecule has 104 valence electrons. The van der Waals surface area contributed by atoms with Crippen LogP contribution < -0.4 is 10.1 Å². The molecule has 1 aromatic rings. The molecule has 0 fully saturated rings. The number of carbonyl (C=O) groups excluding carboxylic acids is 1. The normalized spacial score (nSPS) is 11.8. The fourth-order valence-electron chi connectivity index (χ4n) is 2.07. The summed E-state index contributed by atoms with van der Waals surface area (Å²) in [7, 11) is 1.59. The minimum absolute atomic E-state index is 0.147. The zero-order chi connectivity index (χ0) is 14.6. The van der Waals surface area contributed by atoms with Gasteiger partial charge in [0.2, 0.25) is 5.91 Å². The van der Waals surface area contributed by atoms with Gasteiger partial charge in [-0.05, 0) is 36.6 Å². The molecule has 1 aromatic carbocycles. The number of amides is 1. The minimum atomic E-state index is -0.952. The molecule has 0 saturated heterocycles. The van der Waals surface area contributed by atoms with Gasteiger partial charge in [-0.25, -0.2) is 0 Å². The molecule has 1 amide bonds. The van der Waals surface area contributed by atoms with E-state index < -0.39 is 12.0 Å². The minimum Gasteiger partial charge on any atom is -0.496 e. The zero-order valence-corrected chi connectivity index (χ0v) is 11.6. The summed E-state index contributed by atoms with van der Waals surface area (Å²) in [6.45, 7) is 5.13. The summed E-state index contributed by atoms with van der Waals surface area (Å²) >= 11 is 0. The SMILES string of the molecule is COc1cc(C)c(C(CC(=O)O)NC(C)=O)cc1C. The summed E-state index contributed by atoms with van der Waals surface area (Å²) in [5, 5.41) is 11.6. The van der Waals surface area contributed by atoms with Gasteiger partial charge in [0.1, 0.15) is 5.75 Å². The molecule has 0 aliphatic heterocycles. The first-order valence-corrected chi connectivity index (χ1v) is 5.99. The fourth-order valence-corrected chi connectivity index (χ4v) is 2.07. The van der Waals surface area contributed by atoms with Gasteiger partial charge in [-0.15, -0.1) is 0 Å². The molecule has 0 spiro atoms. The summed E-state index contributed by atoms with van der Waals surface area (Å²) in [4.78, 5) is 22.1. The van der Waals surface area contributed by atoms with Crippen molar-refractivity contribution in [3.63, 3.8) is 0 Å². The van der Waals surface area contributed by atoms with E-state index in [1.807, 2.05) is 26.0 Å². The fraction of sp³-hybridized carbons (Fsp3) is 0.429. The number of rotatable bonds is 5. The summed E-state index contributed by atoms with van der Waals surface area (Å²) < 4.78 is 5.22. The molecule has 0 heterocycles. The van der Waals surface area contributed by atoms with Crippen LogP contribution in [0.3, 0.4) is 0 Å². The summed E-state index contributed by atoms with van der Waals surface area (Å²) in [5.41, 5.74) is 2.60. The lowest BCUT2D eigenvalue weighted by Gasteiger charge is -2.20. The Labute approximate surface area is 112 Å². The average molecular weight is 265 g/mol. The third-order valence-corrected chi connectivity index (χ3v) is 2.92. The summed E-state index contributed by atoms with van der Waals surface area (Å²) in [5.74, 6) is -0.455. The van der Waals surface area contributed by atoms with E-state index in [0.29, 0.717) is 0 Å². The highest BCUT2D eigenvalue weighted by atomic mass is 16.5. The molecule has 1 unspecified atom stereocenters. The maximum absolute atomic E-state index is 11.2. The molecule has 0 aromatic heterocycles. The van der Waals surface area contributed by atoms with E-state index in [-0.39, 0.29) is 12.3 Å². The molecule has 0 radical (unpaired) electrons. The number of methoxy groups -OCH3 is 1. The van der Waals surface area contributed by atoms with Gasteiger partial charge in [0.15, 0.2) is 0 Å². The molecule has 2 N–H and O–H groups in total. The second-order valence-corrected chi connectivity index (χ2v) is 4.53. The van der Waals surface area contributed by atoms with Crippen LogP contribution in [-0.4, -0.2) is 24.1 Å². The lowest BCUT2D eigenvalue weighted by Crippen LogP contribution is -2.28. The molecule has 0 aliphatic carbocycles. The van der Waals surface area contributed by atoms with Gasteiger partial charge < -0.3 is 15.2 Å². The molecule has 0 aliphatic rings. The average Bonchev–Trinajstić information content (AvgIpc) is 2.29. The largest absolute Gasteiger partial charge is 0.496 e. The van der Waals surface area contributed by atoms with Crippen LogP contribution in [0.15, 0.2) is 12.1 Å². The van der Waals surface area contributed by atoms with Gasteiger partial charge in [0, 0.05) is 6.92 Å². The monoisotopic (exact) mass is 265 g/mol. The lowest BCUT2D eigenvalue weighted by atomic mass is 9.96. The van der Waals surface area contributed by atoms with Crippen LogP contribution in [-0.2, 0) is 9.59 Å². The second-order valence-electron chi connectivity index (χ2n) is 4.53. The number of aliphatic carboxylic acids is 1. The maximum atomic E-state index is 11.2. The number of nitrogens with one attached hydrogen (secondary N) is 1. The van der Waals surface area contributed by atoms with Crippen molar-refractivity contribution in [1.82, 2.24) is 5.32 Å². The van der Waals surface area contributed by atoms with Gasteiger partial charge in [-0.3, -0.25) is 9.59 Å². The first kappa shape index (κ1) is 15.0. The Hall–Kier alpha value is -2.04. The zero-order valence-electron chi connectivity index (χ0n) is 11.6. The van der Waals surface area contributed by atoms with Crippen molar-refractivity contribution in [3.05, 3.63) is 28.8 Å². The Morgan fingerprint density at radius 1 is 1.32 bits per heavy atom. The van der Waals surface area contributed by atoms with Crippen LogP contribution >= 0.6 is 0 Å². The number of aryl methyl sites for hydroxylation is 2. The van der Waals surface area contributed by atoms with E-state index in [2.05, 4.69) is 5.32 Å². The smallest absolute Gasteiger partial charge is 0.305 e. The molecule has 0 bridgehead atoms. The van der Waals surface area contributed by atoms with E-state index in [1.54, 1.807) is 7.11 Å². The van der Waals surface area contributed by atoms with Gasteiger partial charge in [-0.1, -0.05) is 6.07 Å². The predicted octanol–water partition coefficient (Wildman–Crippen LogP) is 1.96. The number of carbonyl (C=O) groups is 2. The van der Waals surface area contributed by atoms with Crippen LogP contribution in [0.25, 0.3) is 0 Å². The Morgan fingerprint density at radius 3 is 2.42 bits per heavy atom. The number of carboxylic acids is 1. The molecule has 0 saturated carbocycles. The van der Waals surface area contributed by atoms with Crippen molar-refractivity contribution in [2.45, 2.75) is 33.2 Å². The summed E-state index contributed by atoms with van der Waals surface area (Å²) in [6.07, 6.45) is -0.147. The number of hydrogen-bond acceptors (Lipinski definition) is 3. The van der Waals surface area contributed by atoms with Crippen molar-refractivity contribution < 1.29 is 19.4 Å².